The molecular weight excluding hydrogens is 441 g/mol. The number of carbonyl (C=O) groups excluding carboxylic acids is 1. The third-order valence-corrected chi connectivity index (χ3v) is 4.54. The van der Waals surface area contributed by atoms with Gasteiger partial charge in [0.25, 0.3) is 5.91 Å². The molecule has 0 aliphatic rings. The number of amides is 1. The van der Waals surface area contributed by atoms with Crippen LogP contribution in [0.25, 0.3) is 17.1 Å². The van der Waals surface area contributed by atoms with Crippen LogP contribution < -0.4 is 11.2 Å². The van der Waals surface area contributed by atoms with Crippen LogP contribution in [0, 0.1) is 6.92 Å². The lowest BCUT2D eigenvalue weighted by molar-refractivity contribution is -0.137. The predicted molar refractivity (Wildman–Crippen MR) is 110 cm³/mol. The van der Waals surface area contributed by atoms with Gasteiger partial charge in [-0.15, -0.1) is 5.10 Å². The van der Waals surface area contributed by atoms with Crippen molar-refractivity contribution < 1.29 is 22.6 Å². The van der Waals surface area contributed by atoms with Gasteiger partial charge in [0, 0.05) is 11.1 Å². The summed E-state index contributed by atoms with van der Waals surface area (Å²) >= 11 is 0. The lowest BCUT2D eigenvalue weighted by atomic mass is 10.1. The van der Waals surface area contributed by atoms with Gasteiger partial charge >= 0.3 is 6.18 Å². The lowest BCUT2D eigenvalue weighted by Gasteiger charge is -2.09. The van der Waals surface area contributed by atoms with Gasteiger partial charge in [-0.05, 0) is 23.3 Å². The molecule has 0 radical (unpaired) electrons. The predicted octanol–water partition coefficient (Wildman–Crippen LogP) is 2.99. The van der Waals surface area contributed by atoms with Gasteiger partial charge in [-0.2, -0.15) is 23.0 Å². The molecule has 0 atom stereocenters. The molecule has 13 heteroatoms. The Balaban J connectivity index is 1.68. The maximum absolute atomic E-state index is 13.1. The second-order valence-corrected chi connectivity index (χ2v) is 6.82. The molecule has 4 rings (SSSR count). The Morgan fingerprint density at radius 1 is 1.15 bits per heavy atom. The van der Waals surface area contributed by atoms with Crippen LogP contribution in [0.3, 0.4) is 0 Å². The van der Waals surface area contributed by atoms with Crippen molar-refractivity contribution in [3.05, 3.63) is 70.9 Å². The van der Waals surface area contributed by atoms with Gasteiger partial charge in [-0.25, -0.2) is 10.1 Å². The van der Waals surface area contributed by atoms with Crippen LogP contribution in [0.2, 0.25) is 0 Å². The van der Waals surface area contributed by atoms with E-state index in [4.69, 9.17) is 5.73 Å². The van der Waals surface area contributed by atoms with Crippen molar-refractivity contribution in [1.82, 2.24) is 30.7 Å². The molecule has 10 nitrogen and oxygen atoms in total. The number of hydrogen-bond acceptors (Lipinski definition) is 8. The number of nitrogens with zero attached hydrogens (tertiary/aromatic N) is 6. The number of aromatic nitrogens is 5. The number of nitrogens with one attached hydrogen (secondary N) is 1. The number of aryl methyl sites for hydroxylation is 1. The molecule has 1 amide bonds. The first-order valence-corrected chi connectivity index (χ1v) is 9.36. The van der Waals surface area contributed by atoms with Gasteiger partial charge in [-0.1, -0.05) is 53.2 Å². The zero-order valence-electron chi connectivity index (χ0n) is 16.9. The molecule has 0 fully saturated rings. The van der Waals surface area contributed by atoms with Crippen molar-refractivity contribution in [2.75, 3.05) is 5.73 Å². The van der Waals surface area contributed by atoms with E-state index in [0.29, 0.717) is 5.56 Å². The van der Waals surface area contributed by atoms with Crippen LogP contribution in [-0.2, 0) is 6.18 Å². The molecule has 0 unspecified atom stereocenters. The van der Waals surface area contributed by atoms with Crippen molar-refractivity contribution in [3.63, 3.8) is 0 Å². The molecule has 0 bridgehead atoms. The summed E-state index contributed by atoms with van der Waals surface area (Å²) in [6.07, 6.45) is -3.67. The number of alkyl halides is 3. The van der Waals surface area contributed by atoms with E-state index in [1.165, 1.54) is 22.9 Å². The number of anilines is 1. The van der Waals surface area contributed by atoms with Gasteiger partial charge in [0.2, 0.25) is 11.6 Å². The van der Waals surface area contributed by atoms with E-state index in [1.54, 1.807) is 12.1 Å². The van der Waals surface area contributed by atoms with Crippen molar-refractivity contribution >= 4 is 17.9 Å². The van der Waals surface area contributed by atoms with Crippen molar-refractivity contribution in [2.45, 2.75) is 13.1 Å². The van der Waals surface area contributed by atoms with Crippen LogP contribution in [0.15, 0.2) is 58.3 Å². The lowest BCUT2D eigenvalue weighted by Crippen LogP contribution is -2.20. The monoisotopic (exact) mass is 456 g/mol. The Labute approximate surface area is 183 Å². The summed E-state index contributed by atoms with van der Waals surface area (Å²) in [5, 5.41) is 18.6. The molecule has 4 aromatic rings. The smallest absolute Gasteiger partial charge is 0.378 e. The van der Waals surface area contributed by atoms with Crippen LogP contribution in [-0.4, -0.2) is 37.4 Å². The summed E-state index contributed by atoms with van der Waals surface area (Å²) in [7, 11) is 0. The normalized spacial score (nSPS) is 11.8. The van der Waals surface area contributed by atoms with E-state index >= 15 is 0 Å². The number of carbonyl (C=O) groups is 1. The van der Waals surface area contributed by atoms with E-state index in [0.717, 1.165) is 17.8 Å². The van der Waals surface area contributed by atoms with Gasteiger partial charge in [-0.3, -0.25) is 4.79 Å². The van der Waals surface area contributed by atoms with E-state index in [2.05, 4.69) is 35.8 Å². The largest absolute Gasteiger partial charge is 0.417 e. The van der Waals surface area contributed by atoms with E-state index in [1.807, 2.05) is 19.1 Å². The molecule has 168 valence electrons. The number of hydrazone groups is 1. The second kappa shape index (κ2) is 8.53. The number of nitrogens with two attached hydrogens (primary N) is 1. The molecule has 0 saturated heterocycles. The summed E-state index contributed by atoms with van der Waals surface area (Å²) in [6, 6.07) is 11.9. The molecule has 3 N–H and O–H groups in total. The Bertz CT molecular complexity index is 1330. The maximum Gasteiger partial charge on any atom is 0.417 e. The van der Waals surface area contributed by atoms with Crippen molar-refractivity contribution in [2.24, 2.45) is 5.10 Å². The summed E-state index contributed by atoms with van der Waals surface area (Å²) < 4.78 is 45.2. The summed E-state index contributed by atoms with van der Waals surface area (Å²) in [5.74, 6) is -0.880. The number of nitrogen functional groups attached to an aromatic ring is 1. The van der Waals surface area contributed by atoms with Crippen LogP contribution >= 0.6 is 0 Å². The summed E-state index contributed by atoms with van der Waals surface area (Å²) in [5.41, 5.74) is 8.39. The molecule has 0 aliphatic heterocycles. The van der Waals surface area contributed by atoms with Crippen LogP contribution in [0.4, 0.5) is 19.0 Å². The first-order valence-electron chi connectivity index (χ1n) is 9.36. The van der Waals surface area contributed by atoms with Crippen molar-refractivity contribution in [3.8, 4) is 17.1 Å². The second-order valence-electron chi connectivity index (χ2n) is 6.82. The Kier molecular flexibility index (Phi) is 5.60. The van der Waals surface area contributed by atoms with Crippen LogP contribution in [0.5, 0.6) is 0 Å². The van der Waals surface area contributed by atoms with Gasteiger partial charge in [0.15, 0.2) is 5.69 Å². The first kappa shape index (κ1) is 21.7. The highest BCUT2D eigenvalue weighted by Gasteiger charge is 2.32. The molecule has 0 aliphatic carbocycles. The topological polar surface area (TPSA) is 137 Å². The highest BCUT2D eigenvalue weighted by molar-refractivity contribution is 5.98. The highest BCUT2D eigenvalue weighted by Crippen LogP contribution is 2.31. The molecule has 2 heterocycles. The summed E-state index contributed by atoms with van der Waals surface area (Å²) in [4.78, 5) is 12.8. The average Bonchev–Trinajstić information content (AvgIpc) is 3.40. The van der Waals surface area contributed by atoms with Gasteiger partial charge in [0.1, 0.15) is 5.69 Å². The fourth-order valence-electron chi connectivity index (χ4n) is 2.97. The third kappa shape index (κ3) is 4.42. The van der Waals surface area contributed by atoms with E-state index in [-0.39, 0.29) is 28.6 Å². The van der Waals surface area contributed by atoms with E-state index < -0.39 is 17.6 Å². The standard InChI is InChI=1S/C20H15F3N8O2/c1-11-6-8-12(9-7-11)16-15(26-30-31(16)18-17(24)28-33-29-18)19(32)27-25-10-13-4-2-3-5-14(13)20(21,22)23/h2-10H,1H3,(H2,24,28)(H,27,32)/b25-10+. The van der Waals surface area contributed by atoms with Crippen LogP contribution in [0.1, 0.15) is 27.2 Å². The molecule has 0 spiro atoms. The van der Waals surface area contributed by atoms with E-state index in [9.17, 15) is 18.0 Å². The zero-order chi connectivity index (χ0) is 23.6. The Hall–Kier alpha value is -4.55. The number of benzene rings is 2. The fourth-order valence-corrected chi connectivity index (χ4v) is 2.97. The van der Waals surface area contributed by atoms with Gasteiger partial charge < -0.3 is 5.73 Å². The van der Waals surface area contributed by atoms with Crippen molar-refractivity contribution in [1.29, 1.82) is 0 Å². The molecule has 0 saturated carbocycles. The molecule has 33 heavy (non-hydrogen) atoms. The molecule has 2 aromatic carbocycles. The number of rotatable bonds is 5. The van der Waals surface area contributed by atoms with Gasteiger partial charge in [0.05, 0.1) is 11.8 Å². The fraction of sp³-hybridized carbons (Fsp3) is 0.100. The number of hydrogen-bond donors (Lipinski definition) is 2. The quantitative estimate of drug-likeness (QED) is 0.348. The third-order valence-electron chi connectivity index (χ3n) is 4.54. The zero-order valence-corrected chi connectivity index (χ0v) is 16.9. The average molecular weight is 456 g/mol. The summed E-state index contributed by atoms with van der Waals surface area (Å²) in [6.45, 7) is 1.89. The number of halogens is 3. The minimum absolute atomic E-state index is 0.0136. The minimum atomic E-state index is -4.57. The Morgan fingerprint density at radius 3 is 2.55 bits per heavy atom. The minimum Gasteiger partial charge on any atom is -0.378 e. The Morgan fingerprint density at radius 2 is 1.88 bits per heavy atom. The first-order chi connectivity index (χ1) is 15.8. The maximum atomic E-state index is 13.1. The SMILES string of the molecule is Cc1ccc(-c2c(C(=O)N/N=C/c3ccccc3C(F)(F)F)nnn2-c2nonc2N)cc1. The molecular formula is C20H15F3N8O2. The highest BCUT2D eigenvalue weighted by atomic mass is 19.4. The molecule has 2 aromatic heterocycles.